The maximum atomic E-state index is 12.8. The second-order valence-corrected chi connectivity index (χ2v) is 8.03. The number of methoxy groups -OCH3 is 1. The van der Waals surface area contributed by atoms with Crippen LogP contribution in [0, 0.1) is 0 Å². The van der Waals surface area contributed by atoms with Crippen molar-refractivity contribution < 1.29 is 22.6 Å². The Morgan fingerprint density at radius 3 is 2.52 bits per heavy atom. The van der Waals surface area contributed by atoms with Gasteiger partial charge >= 0.3 is 6.18 Å². The normalized spacial score (nSPS) is 21.7. The lowest BCUT2D eigenvalue weighted by Crippen LogP contribution is -2.45. The second kappa shape index (κ2) is 9.40. The molecule has 2 fully saturated rings. The molecule has 2 atom stereocenters. The third-order valence-electron chi connectivity index (χ3n) is 5.62. The predicted molar refractivity (Wildman–Crippen MR) is 109 cm³/mol. The summed E-state index contributed by atoms with van der Waals surface area (Å²) in [5, 5.41) is 7.02. The van der Waals surface area contributed by atoms with Crippen molar-refractivity contribution in [2.75, 3.05) is 20.3 Å². The van der Waals surface area contributed by atoms with Crippen LogP contribution in [0.5, 0.6) is 11.8 Å². The van der Waals surface area contributed by atoms with E-state index in [4.69, 9.17) is 9.47 Å². The average molecular weight is 436 g/mol. The minimum Gasteiger partial charge on any atom is -0.481 e. The van der Waals surface area contributed by atoms with E-state index in [0.717, 1.165) is 32.2 Å². The van der Waals surface area contributed by atoms with E-state index >= 15 is 0 Å². The molecular weight excluding hydrogens is 409 g/mol. The van der Waals surface area contributed by atoms with Crippen molar-refractivity contribution in [2.24, 2.45) is 0 Å². The molecule has 1 aromatic heterocycles. The fourth-order valence-electron chi connectivity index (χ4n) is 3.93. The maximum Gasteiger partial charge on any atom is 0.422 e. The molecule has 0 bridgehead atoms. The highest BCUT2D eigenvalue weighted by Crippen LogP contribution is 2.40. The van der Waals surface area contributed by atoms with E-state index in [1.165, 1.54) is 12.7 Å². The van der Waals surface area contributed by atoms with Crippen molar-refractivity contribution in [3.05, 3.63) is 47.3 Å². The van der Waals surface area contributed by atoms with Crippen LogP contribution in [0.15, 0.2) is 30.3 Å². The van der Waals surface area contributed by atoms with Crippen molar-refractivity contribution >= 4 is 0 Å². The molecule has 0 radical (unpaired) electrons. The number of alkyl halides is 3. The molecule has 0 unspecified atom stereocenters. The van der Waals surface area contributed by atoms with Gasteiger partial charge in [-0.25, -0.2) is 0 Å². The van der Waals surface area contributed by atoms with Gasteiger partial charge in [0, 0.05) is 24.5 Å². The smallest absolute Gasteiger partial charge is 0.422 e. The molecule has 1 aromatic carbocycles. The summed E-state index contributed by atoms with van der Waals surface area (Å²) in [7, 11) is 1.46. The minimum atomic E-state index is -4.45. The Morgan fingerprint density at radius 1 is 1.10 bits per heavy atom. The van der Waals surface area contributed by atoms with E-state index in [2.05, 4.69) is 32.7 Å². The van der Waals surface area contributed by atoms with Crippen LogP contribution in [-0.2, 0) is 6.54 Å². The zero-order valence-corrected chi connectivity index (χ0v) is 17.4. The summed E-state index contributed by atoms with van der Waals surface area (Å²) in [5.74, 6) is 0.855. The Balaban J connectivity index is 1.55. The number of piperidine rings is 1. The Morgan fingerprint density at radius 2 is 1.84 bits per heavy atom. The van der Waals surface area contributed by atoms with E-state index in [9.17, 15) is 13.2 Å². The molecule has 2 heterocycles. The van der Waals surface area contributed by atoms with E-state index < -0.39 is 12.8 Å². The largest absolute Gasteiger partial charge is 0.481 e. The molecule has 168 valence electrons. The van der Waals surface area contributed by atoms with Crippen molar-refractivity contribution in [3.63, 3.8) is 0 Å². The number of benzene rings is 1. The molecule has 4 rings (SSSR count). The van der Waals surface area contributed by atoms with E-state index in [-0.39, 0.29) is 36.3 Å². The Bertz CT molecular complexity index is 875. The number of aromatic nitrogens is 2. The van der Waals surface area contributed by atoms with E-state index in [1.807, 2.05) is 18.2 Å². The first-order chi connectivity index (χ1) is 14.9. The molecule has 2 aliphatic rings. The minimum absolute atomic E-state index is 0.0568. The molecule has 2 N–H and O–H groups in total. The molecule has 1 saturated carbocycles. The summed E-state index contributed by atoms with van der Waals surface area (Å²) in [6, 6.07) is 10.3. The highest BCUT2D eigenvalue weighted by atomic mass is 19.4. The van der Waals surface area contributed by atoms with E-state index in [1.54, 1.807) is 0 Å². The van der Waals surface area contributed by atoms with Crippen molar-refractivity contribution in [1.29, 1.82) is 0 Å². The van der Waals surface area contributed by atoms with Crippen LogP contribution < -0.4 is 20.1 Å². The van der Waals surface area contributed by atoms with Gasteiger partial charge in [0.05, 0.1) is 12.7 Å². The summed E-state index contributed by atoms with van der Waals surface area (Å²) in [5.41, 5.74) is 1.58. The van der Waals surface area contributed by atoms with E-state index in [0.29, 0.717) is 11.4 Å². The topological polar surface area (TPSA) is 68.3 Å². The van der Waals surface area contributed by atoms with Gasteiger partial charge in [-0.05, 0) is 37.8 Å². The Labute approximate surface area is 179 Å². The van der Waals surface area contributed by atoms with Gasteiger partial charge in [0.1, 0.15) is 5.82 Å². The first-order valence-corrected chi connectivity index (χ1v) is 10.6. The van der Waals surface area contributed by atoms with Gasteiger partial charge in [0.25, 0.3) is 0 Å². The second-order valence-electron chi connectivity index (χ2n) is 8.03. The number of hydrogen-bond donors (Lipinski definition) is 2. The summed E-state index contributed by atoms with van der Waals surface area (Å²) in [4.78, 5) is 8.77. The van der Waals surface area contributed by atoms with Gasteiger partial charge in [-0.3, -0.25) is 0 Å². The highest BCUT2D eigenvalue weighted by molar-refractivity contribution is 5.37. The molecule has 31 heavy (non-hydrogen) atoms. The number of hydrogen-bond acceptors (Lipinski definition) is 6. The van der Waals surface area contributed by atoms with Crippen LogP contribution in [0.2, 0.25) is 0 Å². The van der Waals surface area contributed by atoms with Gasteiger partial charge < -0.3 is 20.1 Å². The van der Waals surface area contributed by atoms with Crippen molar-refractivity contribution in [1.82, 2.24) is 20.6 Å². The number of ether oxygens (including phenoxy) is 2. The van der Waals surface area contributed by atoms with Gasteiger partial charge in [-0.1, -0.05) is 30.3 Å². The van der Waals surface area contributed by atoms with Crippen LogP contribution in [0.25, 0.3) is 0 Å². The first kappa shape index (κ1) is 21.8. The fourth-order valence-corrected chi connectivity index (χ4v) is 3.93. The van der Waals surface area contributed by atoms with Gasteiger partial charge in [-0.2, -0.15) is 23.1 Å². The van der Waals surface area contributed by atoms with Gasteiger partial charge in [0.2, 0.25) is 11.8 Å². The lowest BCUT2D eigenvalue weighted by molar-refractivity contribution is -0.154. The summed E-state index contributed by atoms with van der Waals surface area (Å²) < 4.78 is 49.0. The highest BCUT2D eigenvalue weighted by Gasteiger charge is 2.33. The third-order valence-corrected chi connectivity index (χ3v) is 5.62. The lowest BCUT2D eigenvalue weighted by Gasteiger charge is -2.34. The molecule has 2 aromatic rings. The summed E-state index contributed by atoms with van der Waals surface area (Å²) >= 11 is 0. The molecule has 6 nitrogen and oxygen atoms in total. The maximum absolute atomic E-state index is 12.8. The lowest BCUT2D eigenvalue weighted by atomic mass is 9.92. The molecule has 1 aliphatic heterocycles. The summed E-state index contributed by atoms with van der Waals surface area (Å²) in [6.45, 7) is -0.237. The first-order valence-electron chi connectivity index (χ1n) is 10.6. The number of nitrogens with zero attached hydrogens (tertiary/aromatic N) is 2. The van der Waals surface area contributed by atoms with Crippen LogP contribution in [0.1, 0.15) is 54.6 Å². The SMILES string of the molecule is COc1nc(C2CC2)nc(OCC(F)(F)F)c1CN[C@H]1CCCN[C@H]1c1ccccc1. The fraction of sp³-hybridized carbons (Fsp3) is 0.545. The zero-order chi connectivity index (χ0) is 21.8. The molecule has 0 spiro atoms. The standard InChI is InChI=1S/C22H27F3N4O2/c1-30-20-16(21(31-13-22(23,24)25)29-19(28-20)15-9-10-15)12-27-17-8-5-11-26-18(17)14-6-3-2-4-7-14/h2-4,6-7,15,17-18,26-27H,5,8-13H2,1H3/t17-,18-/m0/s1. The average Bonchev–Trinajstić information content (AvgIpc) is 3.62. The van der Waals surface area contributed by atoms with Crippen LogP contribution >= 0.6 is 0 Å². The molecule has 1 saturated heterocycles. The third kappa shape index (κ3) is 5.65. The zero-order valence-electron chi connectivity index (χ0n) is 17.4. The number of rotatable bonds is 8. The Kier molecular flexibility index (Phi) is 6.62. The van der Waals surface area contributed by atoms with Gasteiger partial charge in [0.15, 0.2) is 6.61 Å². The molecule has 1 aliphatic carbocycles. The van der Waals surface area contributed by atoms with Crippen LogP contribution in [-0.4, -0.2) is 42.4 Å². The predicted octanol–water partition coefficient (Wildman–Crippen LogP) is 3.89. The Hall–Kier alpha value is -2.39. The van der Waals surface area contributed by atoms with Crippen molar-refractivity contribution in [3.8, 4) is 11.8 Å². The quantitative estimate of drug-likeness (QED) is 0.655. The number of nitrogens with one attached hydrogen (secondary N) is 2. The monoisotopic (exact) mass is 436 g/mol. The number of halogens is 3. The van der Waals surface area contributed by atoms with Crippen molar-refractivity contribution in [2.45, 2.75) is 56.4 Å². The van der Waals surface area contributed by atoms with Gasteiger partial charge in [-0.15, -0.1) is 0 Å². The summed E-state index contributed by atoms with van der Waals surface area (Å²) in [6.07, 6.45) is -0.659. The molecular formula is C22H27F3N4O2. The van der Waals surface area contributed by atoms with Crippen LogP contribution in [0.3, 0.4) is 0 Å². The molecule has 0 amide bonds. The molecule has 9 heteroatoms. The van der Waals surface area contributed by atoms with Crippen LogP contribution in [0.4, 0.5) is 13.2 Å².